The maximum atomic E-state index is 12.3. The second-order valence-electron chi connectivity index (χ2n) is 5.91. The lowest BCUT2D eigenvalue weighted by atomic mass is 9.84. The van der Waals surface area contributed by atoms with Crippen LogP contribution in [0.25, 0.3) is 0 Å². The zero-order valence-corrected chi connectivity index (χ0v) is 13.4. The number of fused-ring (bicyclic) bond motifs is 1. The molecule has 0 saturated heterocycles. The number of imidazole rings is 1. The van der Waals surface area contributed by atoms with Gasteiger partial charge in [-0.25, -0.2) is 4.98 Å². The molecule has 0 fully saturated rings. The molecule has 1 aliphatic carbocycles. The van der Waals surface area contributed by atoms with Gasteiger partial charge in [-0.15, -0.1) is 0 Å². The molecule has 1 heterocycles. The summed E-state index contributed by atoms with van der Waals surface area (Å²) in [5.41, 5.74) is 2.50. The van der Waals surface area contributed by atoms with E-state index in [0.29, 0.717) is 6.61 Å². The van der Waals surface area contributed by atoms with Crippen molar-refractivity contribution in [3.63, 3.8) is 0 Å². The van der Waals surface area contributed by atoms with Crippen molar-refractivity contribution in [2.75, 3.05) is 13.2 Å². The van der Waals surface area contributed by atoms with Crippen molar-refractivity contribution >= 4 is 5.91 Å². The number of hydrogen-bond donors (Lipinski definition) is 1. The average Bonchev–Trinajstić information content (AvgIpc) is 3.10. The summed E-state index contributed by atoms with van der Waals surface area (Å²) in [6, 6.07) is 8.47. The topological polar surface area (TPSA) is 56.1 Å². The average molecular weight is 313 g/mol. The highest BCUT2D eigenvalue weighted by Gasteiger charge is 2.31. The molecule has 0 saturated carbocycles. The van der Waals surface area contributed by atoms with Crippen molar-refractivity contribution in [1.29, 1.82) is 0 Å². The van der Waals surface area contributed by atoms with Crippen LogP contribution in [-0.2, 0) is 16.0 Å². The van der Waals surface area contributed by atoms with Crippen LogP contribution >= 0.6 is 0 Å². The number of rotatable bonds is 6. The van der Waals surface area contributed by atoms with Gasteiger partial charge in [-0.05, 0) is 30.4 Å². The maximum Gasteiger partial charge on any atom is 0.246 e. The largest absolute Gasteiger partial charge is 0.372 e. The molecule has 0 aliphatic heterocycles. The molecule has 0 spiro atoms. The lowest BCUT2D eigenvalue weighted by Gasteiger charge is -2.35. The smallest absolute Gasteiger partial charge is 0.246 e. The molecule has 1 aliphatic rings. The number of aromatic nitrogens is 2. The molecular weight excluding hydrogens is 290 g/mol. The molecule has 0 bridgehead atoms. The van der Waals surface area contributed by atoms with Crippen LogP contribution in [0.3, 0.4) is 0 Å². The minimum Gasteiger partial charge on any atom is -0.372 e. The normalized spacial score (nSPS) is 20.0. The lowest BCUT2D eigenvalue weighted by Crippen LogP contribution is -2.39. The Balaban J connectivity index is 1.80. The molecule has 23 heavy (non-hydrogen) atoms. The van der Waals surface area contributed by atoms with E-state index in [1.54, 1.807) is 6.20 Å². The van der Waals surface area contributed by atoms with E-state index in [4.69, 9.17) is 4.74 Å². The van der Waals surface area contributed by atoms with E-state index in [2.05, 4.69) is 33.1 Å². The third-order valence-electron chi connectivity index (χ3n) is 4.29. The minimum atomic E-state index is -0.0646. The van der Waals surface area contributed by atoms with Gasteiger partial charge in [0, 0.05) is 19.0 Å². The quantitative estimate of drug-likeness (QED) is 0.834. The standard InChI is InChI=1S/C18H23N3O2/c1-2-11-23-12-17(22)20-18-15-6-4-3-5-14(15)7-8-16(18)21-10-9-19-13-21/h3-6,9-10,13,16,18H,2,7-8,11-12H2,1H3,(H,20,22)/t16-,18+/m0/s1. The third-order valence-corrected chi connectivity index (χ3v) is 4.29. The Morgan fingerprint density at radius 2 is 2.30 bits per heavy atom. The zero-order chi connectivity index (χ0) is 16.1. The molecule has 5 heteroatoms. The summed E-state index contributed by atoms with van der Waals surface area (Å²) in [5.74, 6) is -0.0646. The highest BCUT2D eigenvalue weighted by atomic mass is 16.5. The Bertz CT molecular complexity index is 639. The van der Waals surface area contributed by atoms with Crippen molar-refractivity contribution in [2.45, 2.75) is 38.3 Å². The number of benzene rings is 1. The van der Waals surface area contributed by atoms with E-state index in [1.807, 2.05) is 25.5 Å². The van der Waals surface area contributed by atoms with Gasteiger partial charge in [-0.3, -0.25) is 4.79 Å². The van der Waals surface area contributed by atoms with Crippen molar-refractivity contribution in [2.24, 2.45) is 0 Å². The molecule has 1 N–H and O–H groups in total. The number of carbonyl (C=O) groups is 1. The Hall–Kier alpha value is -2.14. The highest BCUT2D eigenvalue weighted by molar-refractivity contribution is 5.77. The van der Waals surface area contributed by atoms with Crippen LogP contribution in [0.15, 0.2) is 43.0 Å². The number of nitrogens with one attached hydrogen (secondary N) is 1. The fraction of sp³-hybridized carbons (Fsp3) is 0.444. The molecule has 3 rings (SSSR count). The Morgan fingerprint density at radius 1 is 1.43 bits per heavy atom. The monoisotopic (exact) mass is 313 g/mol. The molecule has 2 aromatic rings. The van der Waals surface area contributed by atoms with Crippen LogP contribution in [0, 0.1) is 0 Å². The number of nitrogens with zero attached hydrogens (tertiary/aromatic N) is 2. The van der Waals surface area contributed by atoms with Crippen LogP contribution < -0.4 is 5.32 Å². The summed E-state index contributed by atoms with van der Waals surface area (Å²) in [7, 11) is 0. The fourth-order valence-electron chi connectivity index (χ4n) is 3.23. The first-order valence-corrected chi connectivity index (χ1v) is 8.22. The summed E-state index contributed by atoms with van der Waals surface area (Å²) >= 11 is 0. The summed E-state index contributed by atoms with van der Waals surface area (Å²) in [6.07, 6.45) is 8.48. The van der Waals surface area contributed by atoms with Crippen molar-refractivity contribution in [3.8, 4) is 0 Å². The van der Waals surface area contributed by atoms with Gasteiger partial charge < -0.3 is 14.6 Å². The molecule has 122 valence electrons. The van der Waals surface area contributed by atoms with Crippen LogP contribution in [-0.4, -0.2) is 28.7 Å². The number of aryl methyl sites for hydroxylation is 1. The molecule has 0 radical (unpaired) electrons. The first-order valence-electron chi connectivity index (χ1n) is 8.22. The molecule has 0 unspecified atom stereocenters. The SMILES string of the molecule is CCCOCC(=O)N[C@@H]1c2ccccc2CC[C@@H]1n1ccnc1. The van der Waals surface area contributed by atoms with Crippen LogP contribution in [0.5, 0.6) is 0 Å². The fourth-order valence-corrected chi connectivity index (χ4v) is 3.23. The summed E-state index contributed by atoms with van der Waals surface area (Å²) in [6.45, 7) is 2.76. The Kier molecular flexibility index (Phi) is 5.08. The minimum absolute atomic E-state index is 0.0492. The van der Waals surface area contributed by atoms with E-state index >= 15 is 0 Å². The first kappa shape index (κ1) is 15.7. The maximum absolute atomic E-state index is 12.3. The molecular formula is C18H23N3O2. The number of ether oxygens (including phenoxy) is 1. The molecule has 5 nitrogen and oxygen atoms in total. The zero-order valence-electron chi connectivity index (χ0n) is 13.4. The predicted octanol–water partition coefficient (Wildman–Crippen LogP) is 2.65. The summed E-state index contributed by atoms with van der Waals surface area (Å²) < 4.78 is 7.46. The van der Waals surface area contributed by atoms with Gasteiger partial charge in [0.2, 0.25) is 5.91 Å². The van der Waals surface area contributed by atoms with Crippen molar-refractivity contribution in [1.82, 2.24) is 14.9 Å². The molecule has 1 amide bonds. The molecule has 2 atom stereocenters. The van der Waals surface area contributed by atoms with Crippen molar-refractivity contribution < 1.29 is 9.53 Å². The molecule has 1 aromatic heterocycles. The van der Waals surface area contributed by atoms with Crippen LogP contribution in [0.4, 0.5) is 0 Å². The highest BCUT2D eigenvalue weighted by Crippen LogP contribution is 2.37. The third kappa shape index (κ3) is 3.62. The number of amides is 1. The van der Waals surface area contributed by atoms with Gasteiger partial charge in [0.15, 0.2) is 0 Å². The van der Waals surface area contributed by atoms with E-state index in [0.717, 1.165) is 19.3 Å². The first-order chi connectivity index (χ1) is 11.3. The van der Waals surface area contributed by atoms with Crippen LogP contribution in [0.1, 0.15) is 43.0 Å². The summed E-state index contributed by atoms with van der Waals surface area (Å²) in [5, 5.41) is 3.16. The van der Waals surface area contributed by atoms with E-state index in [9.17, 15) is 4.79 Å². The number of hydrogen-bond acceptors (Lipinski definition) is 3. The van der Waals surface area contributed by atoms with Gasteiger partial charge in [0.05, 0.1) is 18.4 Å². The van der Waals surface area contributed by atoms with E-state index in [-0.39, 0.29) is 24.6 Å². The van der Waals surface area contributed by atoms with Crippen LogP contribution in [0.2, 0.25) is 0 Å². The lowest BCUT2D eigenvalue weighted by molar-refractivity contribution is -0.126. The Morgan fingerprint density at radius 3 is 3.09 bits per heavy atom. The summed E-state index contributed by atoms with van der Waals surface area (Å²) in [4.78, 5) is 16.4. The van der Waals surface area contributed by atoms with E-state index < -0.39 is 0 Å². The second-order valence-corrected chi connectivity index (χ2v) is 5.91. The molecule has 1 aromatic carbocycles. The van der Waals surface area contributed by atoms with Gasteiger partial charge in [-0.1, -0.05) is 31.2 Å². The van der Waals surface area contributed by atoms with Gasteiger partial charge in [0.1, 0.15) is 6.61 Å². The second kappa shape index (κ2) is 7.42. The van der Waals surface area contributed by atoms with E-state index in [1.165, 1.54) is 11.1 Å². The van der Waals surface area contributed by atoms with Gasteiger partial charge >= 0.3 is 0 Å². The van der Waals surface area contributed by atoms with Gasteiger partial charge in [0.25, 0.3) is 0 Å². The number of carbonyl (C=O) groups excluding carboxylic acids is 1. The van der Waals surface area contributed by atoms with Crippen molar-refractivity contribution in [3.05, 3.63) is 54.1 Å². The Labute approximate surface area is 136 Å². The van der Waals surface area contributed by atoms with Gasteiger partial charge in [-0.2, -0.15) is 0 Å². The predicted molar refractivity (Wildman–Crippen MR) is 88.0 cm³/mol.